The van der Waals surface area contributed by atoms with Gasteiger partial charge in [0.05, 0.1) is 12.1 Å². The molecule has 0 aliphatic carbocycles. The molecule has 0 spiro atoms. The highest BCUT2D eigenvalue weighted by molar-refractivity contribution is 8.00. The van der Waals surface area contributed by atoms with Gasteiger partial charge in [-0.2, -0.15) is 11.8 Å². The maximum absolute atomic E-state index is 11.7. The Bertz CT molecular complexity index is 483. The lowest BCUT2D eigenvalue weighted by Crippen LogP contribution is -2.36. The van der Waals surface area contributed by atoms with Crippen molar-refractivity contribution in [1.82, 2.24) is 16.0 Å². The van der Waals surface area contributed by atoms with Crippen LogP contribution in [0, 0.1) is 0 Å². The second-order valence-electron chi connectivity index (χ2n) is 6.23. The van der Waals surface area contributed by atoms with Gasteiger partial charge in [0.1, 0.15) is 0 Å². The number of amides is 3. The third kappa shape index (κ3) is 6.13. The highest BCUT2D eigenvalue weighted by Gasteiger charge is 2.42. The van der Waals surface area contributed by atoms with Crippen molar-refractivity contribution < 1.29 is 9.59 Å². The number of nitrogens with one attached hydrogen (secondary N) is 3. The molecule has 3 atom stereocenters. The van der Waals surface area contributed by atoms with E-state index in [4.69, 9.17) is 5.53 Å². The Hall–Kier alpha value is -1.60. The van der Waals surface area contributed by atoms with E-state index in [0.717, 1.165) is 44.3 Å². The average molecular weight is 354 g/mol. The molecule has 0 aromatic heterocycles. The number of nitrogens with zero attached hydrogens (tertiary/aromatic N) is 3. The van der Waals surface area contributed by atoms with Gasteiger partial charge in [0.15, 0.2) is 0 Å². The first-order valence-corrected chi connectivity index (χ1v) is 9.72. The van der Waals surface area contributed by atoms with E-state index in [2.05, 4.69) is 26.0 Å². The largest absolute Gasteiger partial charge is 0.356 e. The number of hydrogen-bond acceptors (Lipinski definition) is 4. The minimum atomic E-state index is -0.0471. The molecule has 8 nitrogen and oxygen atoms in total. The molecular weight excluding hydrogens is 328 g/mol. The number of carbonyl (C=O) groups is 2. The standard InChI is InChI=1S/C15H26N6O2S/c16-21-18-9-5-1-4-8-17-13(22)7-3-2-6-12-14-11(10-24-12)19-15(23)20-14/h11-12,14H,1-10H2,(H,17,22)(H2,19,20,23)/t11-,12+,14-/m1/s1. The van der Waals surface area contributed by atoms with E-state index >= 15 is 0 Å². The van der Waals surface area contributed by atoms with Crippen molar-refractivity contribution in [2.45, 2.75) is 62.3 Å². The van der Waals surface area contributed by atoms with Crippen LogP contribution in [0.15, 0.2) is 5.11 Å². The van der Waals surface area contributed by atoms with E-state index in [9.17, 15) is 9.59 Å². The molecule has 0 radical (unpaired) electrons. The van der Waals surface area contributed by atoms with E-state index in [1.54, 1.807) is 0 Å². The molecule has 3 N–H and O–H groups in total. The number of urea groups is 1. The SMILES string of the molecule is [N-]=[N+]=NCCCCCNC(=O)CCCC[C@@H]1SC[C@H]2NC(=O)N[C@@H]12. The number of azide groups is 1. The minimum absolute atomic E-state index is 0.0471. The molecule has 2 heterocycles. The lowest BCUT2D eigenvalue weighted by Gasteiger charge is -2.16. The summed E-state index contributed by atoms with van der Waals surface area (Å²) < 4.78 is 0. The number of hydrogen-bond donors (Lipinski definition) is 3. The number of thioether (sulfide) groups is 1. The molecule has 3 amide bonds. The van der Waals surface area contributed by atoms with Gasteiger partial charge in [-0.1, -0.05) is 18.0 Å². The van der Waals surface area contributed by atoms with Crippen LogP contribution in [-0.4, -0.2) is 48.1 Å². The minimum Gasteiger partial charge on any atom is -0.356 e. The number of rotatable bonds is 11. The zero-order chi connectivity index (χ0) is 17.2. The molecule has 9 heteroatoms. The lowest BCUT2D eigenvalue weighted by molar-refractivity contribution is -0.121. The van der Waals surface area contributed by atoms with Crippen molar-refractivity contribution >= 4 is 23.7 Å². The van der Waals surface area contributed by atoms with Crippen LogP contribution < -0.4 is 16.0 Å². The summed E-state index contributed by atoms with van der Waals surface area (Å²) in [4.78, 5) is 25.8. The van der Waals surface area contributed by atoms with E-state index < -0.39 is 0 Å². The number of carbonyl (C=O) groups excluding carboxylic acids is 2. The van der Waals surface area contributed by atoms with Gasteiger partial charge < -0.3 is 16.0 Å². The van der Waals surface area contributed by atoms with Gasteiger partial charge in [-0.15, -0.1) is 0 Å². The molecule has 134 valence electrons. The van der Waals surface area contributed by atoms with Crippen molar-refractivity contribution in [3.63, 3.8) is 0 Å². The van der Waals surface area contributed by atoms with Crippen molar-refractivity contribution in [3.05, 3.63) is 10.4 Å². The average Bonchev–Trinajstić information content (AvgIpc) is 3.10. The van der Waals surface area contributed by atoms with Gasteiger partial charge >= 0.3 is 6.03 Å². The van der Waals surface area contributed by atoms with E-state index in [1.165, 1.54) is 0 Å². The molecule has 0 aromatic rings. The van der Waals surface area contributed by atoms with Crippen LogP contribution in [-0.2, 0) is 4.79 Å². The molecule has 0 aromatic carbocycles. The van der Waals surface area contributed by atoms with Crippen LogP contribution in [0.5, 0.6) is 0 Å². The molecule has 2 saturated heterocycles. The Morgan fingerprint density at radius 3 is 3.00 bits per heavy atom. The van der Waals surface area contributed by atoms with Gasteiger partial charge in [0.25, 0.3) is 0 Å². The van der Waals surface area contributed by atoms with Gasteiger partial charge in [-0.05, 0) is 31.2 Å². The first-order valence-electron chi connectivity index (χ1n) is 8.67. The van der Waals surface area contributed by atoms with Crippen molar-refractivity contribution in [2.75, 3.05) is 18.8 Å². The van der Waals surface area contributed by atoms with Gasteiger partial charge in [-0.25, -0.2) is 4.79 Å². The Kier molecular flexibility index (Phi) is 8.04. The van der Waals surface area contributed by atoms with Crippen LogP contribution in [0.25, 0.3) is 10.4 Å². The summed E-state index contributed by atoms with van der Waals surface area (Å²) >= 11 is 1.91. The molecule has 24 heavy (non-hydrogen) atoms. The Morgan fingerprint density at radius 1 is 1.29 bits per heavy atom. The highest BCUT2D eigenvalue weighted by Crippen LogP contribution is 2.33. The topological polar surface area (TPSA) is 119 Å². The normalized spacial score (nSPS) is 24.7. The van der Waals surface area contributed by atoms with Crippen LogP contribution in [0.4, 0.5) is 4.79 Å². The summed E-state index contributed by atoms with van der Waals surface area (Å²) in [5, 5.41) is 12.8. The number of unbranched alkanes of at least 4 members (excludes halogenated alkanes) is 3. The Morgan fingerprint density at radius 2 is 2.17 bits per heavy atom. The summed E-state index contributed by atoms with van der Waals surface area (Å²) in [6.45, 7) is 1.22. The maximum Gasteiger partial charge on any atom is 0.315 e. The van der Waals surface area contributed by atoms with Crippen molar-refractivity contribution in [1.29, 1.82) is 0 Å². The molecule has 2 aliphatic rings. The molecule has 0 unspecified atom stereocenters. The molecular formula is C15H26N6O2S. The highest BCUT2D eigenvalue weighted by atomic mass is 32.2. The fraction of sp³-hybridized carbons (Fsp3) is 0.867. The maximum atomic E-state index is 11.7. The fourth-order valence-corrected chi connectivity index (χ4v) is 4.66. The quantitative estimate of drug-likeness (QED) is 0.174. The van der Waals surface area contributed by atoms with Crippen molar-refractivity contribution in [2.24, 2.45) is 5.11 Å². The van der Waals surface area contributed by atoms with Gasteiger partial charge in [-0.3, -0.25) is 4.79 Å². The third-order valence-electron chi connectivity index (χ3n) is 4.40. The second-order valence-corrected chi connectivity index (χ2v) is 7.50. The zero-order valence-electron chi connectivity index (χ0n) is 13.9. The zero-order valence-corrected chi connectivity index (χ0v) is 14.7. The van der Waals surface area contributed by atoms with Crippen LogP contribution in [0.3, 0.4) is 0 Å². The van der Waals surface area contributed by atoms with E-state index in [1.807, 2.05) is 11.8 Å². The Labute approximate surface area is 146 Å². The summed E-state index contributed by atoms with van der Waals surface area (Å²) in [5.41, 5.74) is 8.15. The first-order chi connectivity index (χ1) is 11.7. The fourth-order valence-electron chi connectivity index (χ4n) is 3.12. The smallest absolute Gasteiger partial charge is 0.315 e. The monoisotopic (exact) mass is 354 g/mol. The summed E-state index contributed by atoms with van der Waals surface area (Å²) in [5.74, 6) is 1.09. The first kappa shape index (κ1) is 18.7. The molecule has 0 saturated carbocycles. The third-order valence-corrected chi connectivity index (χ3v) is 5.91. The molecule has 2 fully saturated rings. The van der Waals surface area contributed by atoms with Gasteiger partial charge in [0.2, 0.25) is 5.91 Å². The van der Waals surface area contributed by atoms with E-state index in [0.29, 0.717) is 24.8 Å². The van der Waals surface area contributed by atoms with E-state index in [-0.39, 0.29) is 24.0 Å². The van der Waals surface area contributed by atoms with Crippen LogP contribution in [0.2, 0.25) is 0 Å². The summed E-state index contributed by atoms with van der Waals surface area (Å²) in [6, 6.07) is 0.477. The Balaban J connectivity index is 1.45. The summed E-state index contributed by atoms with van der Waals surface area (Å²) in [6.07, 6.45) is 6.25. The lowest BCUT2D eigenvalue weighted by atomic mass is 10.0. The summed E-state index contributed by atoms with van der Waals surface area (Å²) in [7, 11) is 0. The molecule has 2 aliphatic heterocycles. The molecule has 0 bridgehead atoms. The predicted molar refractivity (Wildman–Crippen MR) is 94.8 cm³/mol. The van der Waals surface area contributed by atoms with Gasteiger partial charge in [0, 0.05) is 35.4 Å². The predicted octanol–water partition coefficient (Wildman–Crippen LogP) is 2.31. The van der Waals surface area contributed by atoms with Crippen LogP contribution >= 0.6 is 11.8 Å². The number of fused-ring (bicyclic) bond motifs is 1. The molecule has 2 rings (SSSR count). The second kappa shape index (κ2) is 10.3. The van der Waals surface area contributed by atoms with Crippen molar-refractivity contribution in [3.8, 4) is 0 Å². The van der Waals surface area contributed by atoms with Crippen LogP contribution in [0.1, 0.15) is 44.9 Å².